The lowest BCUT2D eigenvalue weighted by molar-refractivity contribution is 0.0192. The smallest absolute Gasteiger partial charge is 0.338 e. The molecule has 1 aliphatic rings. The van der Waals surface area contributed by atoms with Crippen LogP contribution in [0.15, 0.2) is 54.6 Å². The molecule has 1 aliphatic heterocycles. The summed E-state index contributed by atoms with van der Waals surface area (Å²) >= 11 is 0. The molecule has 0 aliphatic carbocycles. The highest BCUT2D eigenvalue weighted by molar-refractivity contribution is 6.11. The Labute approximate surface area is 238 Å². The fourth-order valence-electron chi connectivity index (χ4n) is 4.58. The quantitative estimate of drug-likeness (QED) is 0.247. The van der Waals surface area contributed by atoms with E-state index in [4.69, 9.17) is 9.47 Å². The SMILES string of the molecule is COc1ccc(O)c(C(=O)c2ccc(C(=O)O[C@@H]3CCCNC[C@H]3NC(=O)c3cc(C)c(O)c(C)c3)cc2)c1.Cl. The van der Waals surface area contributed by atoms with Crippen LogP contribution in [-0.2, 0) is 4.74 Å². The molecule has 1 heterocycles. The molecule has 2 atom stereocenters. The topological polar surface area (TPSA) is 134 Å². The van der Waals surface area contributed by atoms with Gasteiger partial charge in [-0.15, -0.1) is 12.4 Å². The summed E-state index contributed by atoms with van der Waals surface area (Å²) in [4.78, 5) is 38.9. The van der Waals surface area contributed by atoms with Crippen LogP contribution in [0, 0.1) is 13.8 Å². The van der Waals surface area contributed by atoms with Crippen LogP contribution in [0.3, 0.4) is 0 Å². The lowest BCUT2D eigenvalue weighted by Gasteiger charge is -2.26. The van der Waals surface area contributed by atoms with E-state index < -0.39 is 23.9 Å². The molecule has 3 aromatic rings. The van der Waals surface area contributed by atoms with E-state index in [0.717, 1.165) is 13.0 Å². The van der Waals surface area contributed by atoms with E-state index in [-0.39, 0.29) is 40.9 Å². The summed E-state index contributed by atoms with van der Waals surface area (Å²) in [5.41, 5.74) is 2.26. The van der Waals surface area contributed by atoms with Crippen LogP contribution in [0.5, 0.6) is 17.2 Å². The minimum Gasteiger partial charge on any atom is -0.507 e. The molecule has 0 unspecified atom stereocenters. The van der Waals surface area contributed by atoms with Crippen molar-refractivity contribution in [1.29, 1.82) is 0 Å². The van der Waals surface area contributed by atoms with Gasteiger partial charge in [0.15, 0.2) is 5.78 Å². The third-order valence-electron chi connectivity index (χ3n) is 6.81. The number of phenolic OH excluding ortho intramolecular Hbond substituents is 2. The largest absolute Gasteiger partial charge is 0.507 e. The van der Waals surface area contributed by atoms with E-state index in [1.807, 2.05) is 0 Å². The molecule has 1 fully saturated rings. The number of carbonyl (C=O) groups is 3. The molecule has 9 nitrogen and oxygen atoms in total. The Morgan fingerprint density at radius 1 is 0.925 bits per heavy atom. The number of hydrogen-bond donors (Lipinski definition) is 4. The van der Waals surface area contributed by atoms with Crippen molar-refractivity contribution < 1.29 is 34.1 Å². The molecule has 0 saturated carbocycles. The Kier molecular flexibility index (Phi) is 10.1. The zero-order valence-corrected chi connectivity index (χ0v) is 23.3. The summed E-state index contributed by atoms with van der Waals surface area (Å²) in [6.07, 6.45) is 0.758. The number of hydrogen-bond acceptors (Lipinski definition) is 8. The summed E-state index contributed by atoms with van der Waals surface area (Å²) in [6.45, 7) is 4.62. The highest BCUT2D eigenvalue weighted by Gasteiger charge is 2.29. The van der Waals surface area contributed by atoms with Crippen molar-refractivity contribution in [2.75, 3.05) is 20.2 Å². The van der Waals surface area contributed by atoms with Crippen molar-refractivity contribution >= 4 is 30.1 Å². The Morgan fingerprint density at radius 3 is 2.23 bits per heavy atom. The highest BCUT2D eigenvalue weighted by atomic mass is 35.5. The monoisotopic (exact) mass is 568 g/mol. The average Bonchev–Trinajstić information content (AvgIpc) is 3.16. The Bertz CT molecular complexity index is 1370. The summed E-state index contributed by atoms with van der Waals surface area (Å²) in [6, 6.07) is 13.2. The second-order valence-corrected chi connectivity index (χ2v) is 9.62. The number of amides is 1. The van der Waals surface area contributed by atoms with E-state index in [0.29, 0.717) is 41.0 Å². The minimum absolute atomic E-state index is 0. The number of phenols is 2. The van der Waals surface area contributed by atoms with Gasteiger partial charge < -0.3 is 30.3 Å². The Morgan fingerprint density at radius 2 is 1.57 bits per heavy atom. The van der Waals surface area contributed by atoms with E-state index in [9.17, 15) is 24.6 Å². The number of aromatic hydroxyl groups is 2. The molecule has 0 spiro atoms. The normalized spacial score (nSPS) is 16.7. The van der Waals surface area contributed by atoms with E-state index in [1.54, 1.807) is 32.0 Å². The van der Waals surface area contributed by atoms with Crippen molar-refractivity contribution in [3.05, 3.63) is 88.0 Å². The van der Waals surface area contributed by atoms with Gasteiger partial charge in [-0.05, 0) is 86.8 Å². The predicted octanol–water partition coefficient (Wildman–Crippen LogP) is 4.08. The first-order chi connectivity index (χ1) is 18.7. The van der Waals surface area contributed by atoms with Crippen molar-refractivity contribution in [3.63, 3.8) is 0 Å². The van der Waals surface area contributed by atoms with Crippen molar-refractivity contribution in [3.8, 4) is 17.2 Å². The van der Waals surface area contributed by atoms with Gasteiger partial charge in [-0.25, -0.2) is 4.79 Å². The van der Waals surface area contributed by atoms with Gasteiger partial charge in [0, 0.05) is 17.7 Å². The van der Waals surface area contributed by atoms with Crippen molar-refractivity contribution in [2.24, 2.45) is 0 Å². The first-order valence-electron chi connectivity index (χ1n) is 12.7. The maximum Gasteiger partial charge on any atom is 0.338 e. The van der Waals surface area contributed by atoms with Crippen LogP contribution in [-0.4, -0.2) is 60.2 Å². The van der Waals surface area contributed by atoms with Gasteiger partial charge in [-0.1, -0.05) is 12.1 Å². The van der Waals surface area contributed by atoms with Gasteiger partial charge in [-0.3, -0.25) is 9.59 Å². The number of aryl methyl sites for hydroxylation is 2. The second-order valence-electron chi connectivity index (χ2n) is 9.62. The highest BCUT2D eigenvalue weighted by Crippen LogP contribution is 2.26. The number of rotatable bonds is 7. The minimum atomic E-state index is -0.569. The Hall–Kier alpha value is -4.08. The van der Waals surface area contributed by atoms with Crippen LogP contribution in [0.2, 0.25) is 0 Å². The number of methoxy groups -OCH3 is 1. The second kappa shape index (κ2) is 13.3. The number of esters is 1. The molecule has 1 amide bonds. The molecule has 0 radical (unpaired) electrons. The number of nitrogens with one attached hydrogen (secondary N) is 2. The lowest BCUT2D eigenvalue weighted by Crippen LogP contribution is -2.49. The van der Waals surface area contributed by atoms with E-state index >= 15 is 0 Å². The summed E-state index contributed by atoms with van der Waals surface area (Å²) in [5.74, 6) is -0.880. The van der Waals surface area contributed by atoms with E-state index in [1.165, 1.54) is 43.5 Å². The molecule has 4 N–H and O–H groups in total. The zero-order chi connectivity index (χ0) is 28.1. The van der Waals surface area contributed by atoms with Gasteiger partial charge in [0.1, 0.15) is 23.4 Å². The third kappa shape index (κ3) is 6.91. The van der Waals surface area contributed by atoms with Gasteiger partial charge >= 0.3 is 5.97 Å². The molecule has 212 valence electrons. The van der Waals surface area contributed by atoms with Crippen LogP contribution in [0.25, 0.3) is 0 Å². The predicted molar refractivity (Wildman–Crippen MR) is 152 cm³/mol. The molecule has 4 rings (SSSR count). The fraction of sp³-hybridized carbons (Fsp3) is 0.300. The molecular formula is C30H33ClN2O7. The van der Waals surface area contributed by atoms with Crippen LogP contribution in [0.1, 0.15) is 60.6 Å². The molecule has 1 saturated heterocycles. The first-order valence-corrected chi connectivity index (χ1v) is 12.7. The fourth-order valence-corrected chi connectivity index (χ4v) is 4.58. The van der Waals surface area contributed by atoms with Crippen LogP contribution in [0.4, 0.5) is 0 Å². The van der Waals surface area contributed by atoms with Gasteiger partial charge in [-0.2, -0.15) is 0 Å². The summed E-state index contributed by atoms with van der Waals surface area (Å²) in [5, 5.41) is 26.4. The molecular weight excluding hydrogens is 536 g/mol. The molecule has 0 bridgehead atoms. The van der Waals surface area contributed by atoms with Crippen LogP contribution < -0.4 is 15.4 Å². The Balaban J connectivity index is 0.00000441. The zero-order valence-electron chi connectivity index (χ0n) is 22.5. The van der Waals surface area contributed by atoms with Crippen molar-refractivity contribution in [1.82, 2.24) is 10.6 Å². The molecule has 40 heavy (non-hydrogen) atoms. The maximum absolute atomic E-state index is 13.0. The lowest BCUT2D eigenvalue weighted by atomic mass is 10.0. The molecule has 0 aromatic heterocycles. The third-order valence-corrected chi connectivity index (χ3v) is 6.81. The number of ketones is 1. The van der Waals surface area contributed by atoms with Crippen molar-refractivity contribution in [2.45, 2.75) is 38.8 Å². The number of ether oxygens (including phenoxy) is 2. The first kappa shape index (κ1) is 30.5. The standard InChI is InChI=1S/C30H32N2O7.ClH/c1-17-13-21(14-18(2)27(17)34)29(36)32-24-16-31-12-4-5-26(24)39-30(37)20-8-6-19(7-9-20)28(35)23-15-22(38-3)10-11-25(23)33;/h6-11,13-15,24,26,31,33-34H,4-5,12,16H2,1-3H3,(H,32,36);1H/t24-,26-;/m1./s1. The van der Waals surface area contributed by atoms with Crippen LogP contribution >= 0.6 is 12.4 Å². The summed E-state index contributed by atoms with van der Waals surface area (Å²) in [7, 11) is 1.47. The molecule has 10 heteroatoms. The van der Waals surface area contributed by atoms with Gasteiger partial charge in [0.2, 0.25) is 0 Å². The number of benzene rings is 3. The molecule has 3 aromatic carbocycles. The van der Waals surface area contributed by atoms with Gasteiger partial charge in [0.05, 0.1) is 24.3 Å². The number of carbonyl (C=O) groups excluding carboxylic acids is 3. The maximum atomic E-state index is 13.0. The number of halogens is 1. The summed E-state index contributed by atoms with van der Waals surface area (Å²) < 4.78 is 11.0. The van der Waals surface area contributed by atoms with Gasteiger partial charge in [0.25, 0.3) is 5.91 Å². The average molecular weight is 569 g/mol. The van der Waals surface area contributed by atoms with E-state index in [2.05, 4.69) is 10.6 Å².